The molecule has 0 radical (unpaired) electrons. The Kier molecular flexibility index (Phi) is 2.34. The minimum atomic E-state index is -0.513. The monoisotopic (exact) mass is 217 g/mol. The Hall–Kier alpha value is -1.64. The molecule has 0 saturated carbocycles. The summed E-state index contributed by atoms with van der Waals surface area (Å²) in [6, 6.07) is 0. The first-order valence-corrected chi connectivity index (χ1v) is 5.35. The molecular formula is C13H15NO2. The van der Waals surface area contributed by atoms with Crippen LogP contribution in [0, 0.1) is 0 Å². The molecule has 0 fully saturated rings. The number of hydrogen-bond donors (Lipinski definition) is 0. The van der Waals surface area contributed by atoms with Crippen LogP contribution in [-0.4, -0.2) is 22.3 Å². The van der Waals surface area contributed by atoms with E-state index in [0.29, 0.717) is 6.42 Å². The van der Waals surface area contributed by atoms with Gasteiger partial charge in [0.1, 0.15) is 0 Å². The summed E-state index contributed by atoms with van der Waals surface area (Å²) >= 11 is 0. The van der Waals surface area contributed by atoms with E-state index in [1.807, 2.05) is 26.8 Å². The van der Waals surface area contributed by atoms with Crippen molar-refractivity contribution in [2.75, 3.05) is 0 Å². The molecule has 84 valence electrons. The molecule has 0 aromatic heterocycles. The molecule has 16 heavy (non-hydrogen) atoms. The van der Waals surface area contributed by atoms with Gasteiger partial charge < -0.3 is 0 Å². The van der Waals surface area contributed by atoms with Crippen molar-refractivity contribution in [2.45, 2.75) is 32.7 Å². The molecule has 2 rings (SSSR count). The fourth-order valence-corrected chi connectivity index (χ4v) is 2.63. The summed E-state index contributed by atoms with van der Waals surface area (Å²) in [6.07, 6.45) is 7.46. The van der Waals surface area contributed by atoms with Gasteiger partial charge >= 0.3 is 0 Å². The molecule has 3 nitrogen and oxygen atoms in total. The quantitative estimate of drug-likeness (QED) is 0.630. The van der Waals surface area contributed by atoms with Crippen molar-refractivity contribution in [1.82, 2.24) is 4.90 Å². The van der Waals surface area contributed by atoms with Gasteiger partial charge in [-0.25, -0.2) is 0 Å². The van der Waals surface area contributed by atoms with Crippen molar-refractivity contribution in [1.29, 1.82) is 0 Å². The maximum Gasteiger partial charge on any atom is 0.254 e. The topological polar surface area (TPSA) is 37.4 Å². The standard InChI is InChI=1S/C13H15NO2/c1-9-6-10(2)8-13(3,7-9)14-11(15)4-5-12(14)16/h4-7H,8H2,1-3H3. The van der Waals surface area contributed by atoms with Crippen LogP contribution in [0.2, 0.25) is 0 Å². The molecule has 1 atom stereocenters. The largest absolute Gasteiger partial charge is 0.269 e. The number of allylic oxidation sites excluding steroid dienone is 2. The maximum absolute atomic E-state index is 11.7. The normalized spacial score (nSPS) is 29.6. The van der Waals surface area contributed by atoms with Crippen LogP contribution in [0.3, 0.4) is 0 Å². The number of nitrogens with zero attached hydrogens (tertiary/aromatic N) is 1. The summed E-state index contributed by atoms with van der Waals surface area (Å²) in [7, 11) is 0. The third kappa shape index (κ3) is 1.62. The van der Waals surface area contributed by atoms with Crippen LogP contribution in [0.5, 0.6) is 0 Å². The van der Waals surface area contributed by atoms with Gasteiger partial charge in [0.25, 0.3) is 11.8 Å². The van der Waals surface area contributed by atoms with Gasteiger partial charge in [0.2, 0.25) is 0 Å². The zero-order valence-corrected chi connectivity index (χ0v) is 9.78. The number of amides is 2. The highest BCUT2D eigenvalue weighted by Gasteiger charge is 2.40. The lowest BCUT2D eigenvalue weighted by Crippen LogP contribution is -2.49. The number of hydrogen-bond acceptors (Lipinski definition) is 2. The van der Waals surface area contributed by atoms with Crippen molar-refractivity contribution >= 4 is 11.8 Å². The Bertz CT molecular complexity index is 439. The average molecular weight is 217 g/mol. The first kappa shape index (κ1) is 10.9. The van der Waals surface area contributed by atoms with Crippen LogP contribution >= 0.6 is 0 Å². The first-order valence-electron chi connectivity index (χ1n) is 5.35. The van der Waals surface area contributed by atoms with Gasteiger partial charge in [0.15, 0.2) is 0 Å². The lowest BCUT2D eigenvalue weighted by Gasteiger charge is -2.37. The van der Waals surface area contributed by atoms with E-state index in [2.05, 4.69) is 6.08 Å². The van der Waals surface area contributed by atoms with Crippen LogP contribution in [0.1, 0.15) is 27.2 Å². The van der Waals surface area contributed by atoms with E-state index in [0.717, 1.165) is 5.57 Å². The lowest BCUT2D eigenvalue weighted by atomic mass is 9.84. The van der Waals surface area contributed by atoms with Crippen LogP contribution in [0.15, 0.2) is 35.5 Å². The summed E-state index contributed by atoms with van der Waals surface area (Å²) in [5.74, 6) is -0.433. The SMILES string of the molecule is CC1=CC(C)(N2C(=O)C=CC2=O)CC(C)=C1. The van der Waals surface area contributed by atoms with E-state index in [4.69, 9.17) is 0 Å². The molecule has 3 heteroatoms. The van der Waals surface area contributed by atoms with Crippen molar-refractivity contribution in [3.05, 3.63) is 35.5 Å². The summed E-state index contributed by atoms with van der Waals surface area (Å²) in [4.78, 5) is 24.7. The zero-order valence-electron chi connectivity index (χ0n) is 9.78. The smallest absolute Gasteiger partial charge is 0.254 e. The van der Waals surface area contributed by atoms with Gasteiger partial charge in [-0.1, -0.05) is 23.3 Å². The number of imide groups is 1. The molecule has 1 aliphatic heterocycles. The minimum Gasteiger partial charge on any atom is -0.269 e. The predicted molar refractivity (Wildman–Crippen MR) is 61.5 cm³/mol. The van der Waals surface area contributed by atoms with Gasteiger partial charge in [-0.15, -0.1) is 0 Å². The molecule has 0 N–H and O–H groups in total. The van der Waals surface area contributed by atoms with Gasteiger partial charge in [-0.05, 0) is 27.2 Å². The van der Waals surface area contributed by atoms with E-state index in [1.54, 1.807) is 0 Å². The van der Waals surface area contributed by atoms with Gasteiger partial charge in [0.05, 0.1) is 5.54 Å². The lowest BCUT2D eigenvalue weighted by molar-refractivity contribution is -0.141. The fraction of sp³-hybridized carbons (Fsp3) is 0.385. The van der Waals surface area contributed by atoms with Crippen molar-refractivity contribution in [3.8, 4) is 0 Å². The van der Waals surface area contributed by atoms with Crippen LogP contribution in [-0.2, 0) is 9.59 Å². The summed E-state index contributed by atoms with van der Waals surface area (Å²) in [5.41, 5.74) is 1.77. The minimum absolute atomic E-state index is 0.216. The Balaban J connectivity index is 2.38. The van der Waals surface area contributed by atoms with Crippen molar-refractivity contribution in [3.63, 3.8) is 0 Å². The van der Waals surface area contributed by atoms with Crippen molar-refractivity contribution < 1.29 is 9.59 Å². The van der Waals surface area contributed by atoms with E-state index in [9.17, 15) is 9.59 Å². The Morgan fingerprint density at radius 3 is 2.25 bits per heavy atom. The third-order valence-electron chi connectivity index (χ3n) is 2.97. The second kappa shape index (κ2) is 3.44. The van der Waals surface area contributed by atoms with E-state index in [-0.39, 0.29) is 11.8 Å². The Labute approximate surface area is 95.1 Å². The molecular weight excluding hydrogens is 202 g/mol. The number of rotatable bonds is 1. The van der Waals surface area contributed by atoms with E-state index >= 15 is 0 Å². The average Bonchev–Trinajstić information content (AvgIpc) is 2.43. The van der Waals surface area contributed by atoms with Crippen LogP contribution in [0.4, 0.5) is 0 Å². The molecule has 0 bridgehead atoms. The van der Waals surface area contributed by atoms with E-state index in [1.165, 1.54) is 22.6 Å². The van der Waals surface area contributed by atoms with Crippen LogP contribution in [0.25, 0.3) is 0 Å². The molecule has 0 aromatic carbocycles. The van der Waals surface area contributed by atoms with Gasteiger partial charge in [-0.3, -0.25) is 14.5 Å². The molecule has 2 aliphatic rings. The second-order valence-electron chi connectivity index (χ2n) is 4.76. The zero-order chi connectivity index (χ0) is 11.9. The fourth-order valence-electron chi connectivity index (χ4n) is 2.63. The van der Waals surface area contributed by atoms with Crippen molar-refractivity contribution in [2.24, 2.45) is 0 Å². The van der Waals surface area contributed by atoms with Gasteiger partial charge in [-0.2, -0.15) is 0 Å². The predicted octanol–water partition coefficient (Wildman–Crippen LogP) is 1.97. The van der Waals surface area contributed by atoms with Crippen LogP contribution < -0.4 is 0 Å². The second-order valence-corrected chi connectivity index (χ2v) is 4.76. The molecule has 0 aromatic rings. The summed E-state index contributed by atoms with van der Waals surface area (Å²) in [5, 5.41) is 0. The molecule has 1 heterocycles. The van der Waals surface area contributed by atoms with E-state index < -0.39 is 5.54 Å². The molecule has 1 unspecified atom stereocenters. The highest BCUT2D eigenvalue weighted by molar-refractivity contribution is 6.13. The summed E-state index contributed by atoms with van der Waals surface area (Å²) in [6.45, 7) is 5.93. The summed E-state index contributed by atoms with van der Waals surface area (Å²) < 4.78 is 0. The Morgan fingerprint density at radius 2 is 1.75 bits per heavy atom. The van der Waals surface area contributed by atoms with Gasteiger partial charge in [0, 0.05) is 12.2 Å². The Morgan fingerprint density at radius 1 is 1.19 bits per heavy atom. The highest BCUT2D eigenvalue weighted by Crippen LogP contribution is 2.33. The first-order chi connectivity index (χ1) is 7.42. The third-order valence-corrected chi connectivity index (χ3v) is 2.97. The number of carbonyl (C=O) groups is 2. The maximum atomic E-state index is 11.7. The molecule has 0 spiro atoms. The molecule has 1 aliphatic carbocycles. The molecule has 0 saturated heterocycles. The highest BCUT2D eigenvalue weighted by atomic mass is 16.2. The molecule has 2 amide bonds. The number of carbonyl (C=O) groups excluding carboxylic acids is 2.